The Morgan fingerprint density at radius 1 is 1.29 bits per heavy atom. The fraction of sp³-hybridized carbons (Fsp3) is 0.400. The Balaban J connectivity index is 2.51. The molecule has 0 aliphatic heterocycles. The lowest BCUT2D eigenvalue weighted by atomic mass is 10.2. The summed E-state index contributed by atoms with van der Waals surface area (Å²) in [6.07, 6.45) is -3.73. The molecule has 0 fully saturated rings. The maximum Gasteiger partial charge on any atom is 0.319 e. The zero-order valence-corrected chi connectivity index (χ0v) is 10.1. The van der Waals surface area contributed by atoms with Crippen LogP contribution in [0.25, 0.3) is 0 Å². The molecule has 1 rings (SSSR count). The quantitative estimate of drug-likeness (QED) is 0.819. The van der Waals surface area contributed by atoms with Gasteiger partial charge in [0.15, 0.2) is 0 Å². The molecule has 96 valence electrons. The summed E-state index contributed by atoms with van der Waals surface area (Å²) < 4.78 is 62.3. The smallest absolute Gasteiger partial charge is 0.307 e. The van der Waals surface area contributed by atoms with Gasteiger partial charge in [-0.2, -0.15) is 8.78 Å². The van der Waals surface area contributed by atoms with E-state index in [4.69, 9.17) is 0 Å². The molecule has 0 radical (unpaired) electrons. The summed E-state index contributed by atoms with van der Waals surface area (Å²) >= 11 is 3.04. The first-order valence-electron chi connectivity index (χ1n) is 4.63. The first kappa shape index (κ1) is 14.4. The highest BCUT2D eigenvalue weighted by atomic mass is 79.9. The largest absolute Gasteiger partial charge is 0.319 e. The monoisotopic (exact) mass is 317 g/mol. The summed E-state index contributed by atoms with van der Waals surface area (Å²) in [6, 6.07) is 4.08. The van der Waals surface area contributed by atoms with Crippen LogP contribution in [-0.2, 0) is 6.54 Å². The molecule has 0 unspecified atom stereocenters. The van der Waals surface area contributed by atoms with Crippen molar-refractivity contribution in [3.05, 3.63) is 34.1 Å². The molecule has 0 aliphatic rings. The van der Waals surface area contributed by atoms with Crippen LogP contribution in [0.15, 0.2) is 22.7 Å². The van der Waals surface area contributed by atoms with Gasteiger partial charge in [0.1, 0.15) is 5.82 Å². The molecule has 0 bridgehead atoms. The van der Waals surface area contributed by atoms with E-state index in [2.05, 4.69) is 21.2 Å². The van der Waals surface area contributed by atoms with Crippen LogP contribution in [0.2, 0.25) is 0 Å². The minimum atomic E-state index is -4.11. The van der Waals surface area contributed by atoms with E-state index in [1.807, 2.05) is 0 Å². The molecule has 17 heavy (non-hydrogen) atoms. The standard InChI is InChI=1S/C10H9BrF5N/c11-7-2-1-6(8(12)3-7)4-17-5-10(15,16)9(13)14/h1-3,9,17H,4-5H2. The second-order valence-electron chi connectivity index (χ2n) is 3.40. The number of hydrogen-bond acceptors (Lipinski definition) is 1. The number of benzene rings is 1. The van der Waals surface area contributed by atoms with Crippen LogP contribution >= 0.6 is 15.9 Å². The number of nitrogens with one attached hydrogen (secondary N) is 1. The molecule has 0 saturated heterocycles. The zero-order chi connectivity index (χ0) is 13.1. The van der Waals surface area contributed by atoms with Crippen LogP contribution in [0.3, 0.4) is 0 Å². The lowest BCUT2D eigenvalue weighted by Crippen LogP contribution is -2.38. The van der Waals surface area contributed by atoms with E-state index < -0.39 is 24.7 Å². The zero-order valence-electron chi connectivity index (χ0n) is 8.49. The van der Waals surface area contributed by atoms with Gasteiger partial charge in [-0.25, -0.2) is 13.2 Å². The maximum atomic E-state index is 13.2. The molecule has 7 heteroatoms. The Hall–Kier alpha value is -0.690. The highest BCUT2D eigenvalue weighted by Crippen LogP contribution is 2.22. The van der Waals surface area contributed by atoms with Gasteiger partial charge in [-0.15, -0.1) is 0 Å². The molecule has 1 nitrogen and oxygen atoms in total. The fourth-order valence-electron chi connectivity index (χ4n) is 1.11. The van der Waals surface area contributed by atoms with E-state index in [0.717, 1.165) is 0 Å². The third-order valence-electron chi connectivity index (χ3n) is 2.01. The molecular formula is C10H9BrF5N. The molecule has 0 saturated carbocycles. The third kappa shape index (κ3) is 4.23. The molecule has 0 aromatic heterocycles. The van der Waals surface area contributed by atoms with E-state index in [0.29, 0.717) is 4.47 Å². The normalized spacial score (nSPS) is 12.2. The SMILES string of the molecule is Fc1cc(Br)ccc1CNCC(F)(F)C(F)F. The molecule has 0 heterocycles. The van der Waals surface area contributed by atoms with Crippen molar-refractivity contribution in [3.63, 3.8) is 0 Å². The molecular weight excluding hydrogens is 309 g/mol. The summed E-state index contributed by atoms with van der Waals surface area (Å²) in [5, 5.41) is 2.10. The van der Waals surface area contributed by atoms with Crippen molar-refractivity contribution >= 4 is 15.9 Å². The molecule has 0 aliphatic carbocycles. The van der Waals surface area contributed by atoms with Gasteiger partial charge >= 0.3 is 12.3 Å². The highest BCUT2D eigenvalue weighted by Gasteiger charge is 2.39. The summed E-state index contributed by atoms with van der Waals surface area (Å²) in [7, 11) is 0. The molecule has 1 N–H and O–H groups in total. The van der Waals surface area contributed by atoms with Crippen LogP contribution in [0.1, 0.15) is 5.56 Å². The van der Waals surface area contributed by atoms with Crippen LogP contribution in [-0.4, -0.2) is 18.9 Å². The third-order valence-corrected chi connectivity index (χ3v) is 2.50. The maximum absolute atomic E-state index is 13.2. The summed E-state index contributed by atoms with van der Waals surface area (Å²) in [5.74, 6) is -4.70. The minimum Gasteiger partial charge on any atom is -0.307 e. The Labute approximate surface area is 103 Å². The van der Waals surface area contributed by atoms with E-state index in [9.17, 15) is 22.0 Å². The van der Waals surface area contributed by atoms with Gasteiger partial charge < -0.3 is 5.32 Å². The van der Waals surface area contributed by atoms with Crippen LogP contribution in [0.5, 0.6) is 0 Å². The van der Waals surface area contributed by atoms with Crippen molar-refractivity contribution in [3.8, 4) is 0 Å². The van der Waals surface area contributed by atoms with E-state index in [1.54, 1.807) is 0 Å². The number of rotatable bonds is 5. The second-order valence-corrected chi connectivity index (χ2v) is 4.32. The predicted octanol–water partition coefficient (Wildman–Crippen LogP) is 3.58. The molecule has 1 aromatic carbocycles. The Kier molecular flexibility index (Phi) is 4.88. The first-order chi connectivity index (χ1) is 7.83. The topological polar surface area (TPSA) is 12.0 Å². The van der Waals surface area contributed by atoms with Gasteiger partial charge in [0.2, 0.25) is 0 Å². The molecule has 1 aromatic rings. The van der Waals surface area contributed by atoms with Crippen molar-refractivity contribution in [1.29, 1.82) is 0 Å². The van der Waals surface area contributed by atoms with Crippen LogP contribution < -0.4 is 5.32 Å². The molecule has 0 atom stereocenters. The van der Waals surface area contributed by atoms with E-state index in [1.165, 1.54) is 18.2 Å². The average Bonchev–Trinajstić information content (AvgIpc) is 2.21. The van der Waals surface area contributed by atoms with Crippen molar-refractivity contribution < 1.29 is 22.0 Å². The summed E-state index contributed by atoms with van der Waals surface area (Å²) in [6.45, 7) is -1.43. The number of alkyl halides is 4. The van der Waals surface area contributed by atoms with Gasteiger partial charge in [-0.3, -0.25) is 0 Å². The van der Waals surface area contributed by atoms with Gasteiger partial charge in [0, 0.05) is 16.6 Å². The summed E-state index contributed by atoms with van der Waals surface area (Å²) in [5.41, 5.74) is 0.137. The van der Waals surface area contributed by atoms with Crippen LogP contribution in [0.4, 0.5) is 22.0 Å². The van der Waals surface area contributed by atoms with Crippen molar-refractivity contribution in [2.75, 3.05) is 6.54 Å². The Bertz CT molecular complexity index is 383. The second kappa shape index (κ2) is 5.77. The van der Waals surface area contributed by atoms with Crippen molar-refractivity contribution in [2.45, 2.75) is 18.9 Å². The van der Waals surface area contributed by atoms with Gasteiger partial charge in [-0.05, 0) is 12.1 Å². The number of hydrogen-bond donors (Lipinski definition) is 1. The lowest BCUT2D eigenvalue weighted by Gasteiger charge is -2.15. The Morgan fingerprint density at radius 2 is 1.94 bits per heavy atom. The van der Waals surface area contributed by atoms with Crippen molar-refractivity contribution in [1.82, 2.24) is 5.32 Å². The molecule has 0 amide bonds. The highest BCUT2D eigenvalue weighted by molar-refractivity contribution is 9.10. The van der Waals surface area contributed by atoms with Gasteiger partial charge in [0.05, 0.1) is 6.54 Å². The van der Waals surface area contributed by atoms with E-state index >= 15 is 0 Å². The molecule has 0 spiro atoms. The van der Waals surface area contributed by atoms with E-state index in [-0.39, 0.29) is 12.1 Å². The lowest BCUT2D eigenvalue weighted by molar-refractivity contribution is -0.125. The van der Waals surface area contributed by atoms with Gasteiger partial charge in [0.25, 0.3) is 0 Å². The minimum absolute atomic E-state index is 0.137. The average molecular weight is 318 g/mol. The summed E-state index contributed by atoms with van der Waals surface area (Å²) in [4.78, 5) is 0. The first-order valence-corrected chi connectivity index (χ1v) is 5.43. The number of halogens is 6. The fourth-order valence-corrected chi connectivity index (χ4v) is 1.44. The van der Waals surface area contributed by atoms with Crippen LogP contribution in [0, 0.1) is 5.82 Å². The van der Waals surface area contributed by atoms with Gasteiger partial charge in [-0.1, -0.05) is 22.0 Å². The Morgan fingerprint density at radius 3 is 2.47 bits per heavy atom. The predicted molar refractivity (Wildman–Crippen MR) is 56.8 cm³/mol. The van der Waals surface area contributed by atoms with Crippen molar-refractivity contribution in [2.24, 2.45) is 0 Å².